The van der Waals surface area contributed by atoms with Gasteiger partial charge in [-0.25, -0.2) is 15.0 Å². The number of nitrogens with one attached hydrogen (secondary N) is 1. The van der Waals surface area contributed by atoms with Crippen molar-refractivity contribution in [2.75, 3.05) is 31.1 Å². The van der Waals surface area contributed by atoms with Crippen molar-refractivity contribution in [2.45, 2.75) is 50.3 Å². The highest BCUT2D eigenvalue weighted by molar-refractivity contribution is 8.66. The van der Waals surface area contributed by atoms with E-state index in [1.54, 1.807) is 12.7 Å². The predicted molar refractivity (Wildman–Crippen MR) is 133 cm³/mol. The molecule has 0 amide bonds. The molecule has 2 fully saturated rings. The molecule has 6 rings (SSSR count). The second-order valence-electron chi connectivity index (χ2n) is 9.14. The normalized spacial score (nSPS) is 23.6. The summed E-state index contributed by atoms with van der Waals surface area (Å²) in [6.07, 6.45) is 9.15. The summed E-state index contributed by atoms with van der Waals surface area (Å²) in [5.41, 5.74) is 4.42. The van der Waals surface area contributed by atoms with E-state index >= 15 is 0 Å². The van der Waals surface area contributed by atoms with Crippen LogP contribution in [0.15, 0.2) is 30.9 Å². The Labute approximate surface area is 202 Å². The minimum absolute atomic E-state index is 0.286. The molecule has 3 aliphatic rings. The number of imidazole rings is 1. The molecule has 1 aliphatic carbocycles. The van der Waals surface area contributed by atoms with Gasteiger partial charge in [-0.1, -0.05) is 23.8 Å². The maximum absolute atomic E-state index is 6.51. The van der Waals surface area contributed by atoms with Crippen LogP contribution in [0, 0.1) is 0 Å². The zero-order chi connectivity index (χ0) is 22.2. The lowest BCUT2D eigenvalue weighted by atomic mass is 9.85. The lowest BCUT2D eigenvalue weighted by Crippen LogP contribution is -2.57. The van der Waals surface area contributed by atoms with Crippen LogP contribution in [0.3, 0.4) is 0 Å². The summed E-state index contributed by atoms with van der Waals surface area (Å²) in [6, 6.07) is 7.38. The van der Waals surface area contributed by atoms with Gasteiger partial charge in [-0.15, -0.1) is 0 Å². The van der Waals surface area contributed by atoms with Gasteiger partial charge in [0.2, 0.25) is 0 Å². The molecule has 2 saturated heterocycles. The molecule has 174 valence electrons. The smallest absolute Gasteiger partial charge is 0.182 e. The molecular formula is C23H28N6O2S2. The van der Waals surface area contributed by atoms with Crippen molar-refractivity contribution in [1.82, 2.24) is 24.8 Å². The second-order valence-corrected chi connectivity index (χ2v) is 9.92. The number of nitrogens with zero attached hydrogens (tertiary/aromatic N) is 5. The maximum atomic E-state index is 6.51. The summed E-state index contributed by atoms with van der Waals surface area (Å²) in [5, 5.41) is 0. The van der Waals surface area contributed by atoms with E-state index in [9.17, 15) is 0 Å². The van der Waals surface area contributed by atoms with Gasteiger partial charge in [0.1, 0.15) is 24.2 Å². The Bertz CT molecular complexity index is 1120. The van der Waals surface area contributed by atoms with Gasteiger partial charge < -0.3 is 14.6 Å². The predicted octanol–water partition coefficient (Wildman–Crippen LogP) is 3.45. The molecule has 33 heavy (non-hydrogen) atoms. The third kappa shape index (κ3) is 4.18. The van der Waals surface area contributed by atoms with Crippen molar-refractivity contribution < 1.29 is 8.92 Å². The second kappa shape index (κ2) is 9.32. The van der Waals surface area contributed by atoms with E-state index < -0.39 is 0 Å². The Kier molecular flexibility index (Phi) is 6.08. The molecule has 2 atom stereocenters. The number of hydrogen-bond donors (Lipinski definition) is 2. The Morgan fingerprint density at radius 3 is 3.03 bits per heavy atom. The number of aromatic amines is 1. The van der Waals surface area contributed by atoms with E-state index in [2.05, 4.69) is 59.6 Å². The summed E-state index contributed by atoms with van der Waals surface area (Å²) in [5.74, 6) is 1.96. The molecule has 2 aliphatic heterocycles. The zero-order valence-corrected chi connectivity index (χ0v) is 20.1. The summed E-state index contributed by atoms with van der Waals surface area (Å²) in [4.78, 5) is 21.2. The van der Waals surface area contributed by atoms with E-state index in [1.165, 1.54) is 28.6 Å². The van der Waals surface area contributed by atoms with Gasteiger partial charge in [0.15, 0.2) is 11.5 Å². The van der Waals surface area contributed by atoms with Crippen LogP contribution in [0.5, 0.6) is 5.75 Å². The molecule has 3 aromatic rings. The van der Waals surface area contributed by atoms with Gasteiger partial charge in [-0.2, -0.15) is 0 Å². The number of aromatic nitrogens is 4. The van der Waals surface area contributed by atoms with Crippen LogP contribution in [0.2, 0.25) is 0 Å². The quantitative estimate of drug-likeness (QED) is 0.300. The van der Waals surface area contributed by atoms with Crippen LogP contribution >= 0.6 is 22.7 Å². The summed E-state index contributed by atoms with van der Waals surface area (Å²) in [7, 11) is 0. The van der Waals surface area contributed by atoms with Crippen molar-refractivity contribution in [3.63, 3.8) is 0 Å². The molecule has 0 spiro atoms. The molecule has 1 N–H and O–H groups in total. The number of H-pyrrole nitrogens is 1. The van der Waals surface area contributed by atoms with Crippen molar-refractivity contribution in [1.29, 1.82) is 0 Å². The number of hydrogen-bond acceptors (Lipinski definition) is 9. The van der Waals surface area contributed by atoms with E-state index in [1.807, 2.05) is 0 Å². The summed E-state index contributed by atoms with van der Waals surface area (Å²) >= 11 is 5.28. The first-order valence-electron chi connectivity index (χ1n) is 11.7. The zero-order valence-electron chi connectivity index (χ0n) is 18.4. The number of thiol groups is 1. The van der Waals surface area contributed by atoms with Crippen LogP contribution in [0.25, 0.3) is 11.2 Å². The topological polar surface area (TPSA) is 79.4 Å². The van der Waals surface area contributed by atoms with E-state index in [-0.39, 0.29) is 6.04 Å². The van der Waals surface area contributed by atoms with Gasteiger partial charge in [0.25, 0.3) is 0 Å². The first kappa shape index (κ1) is 21.5. The molecule has 8 nitrogen and oxygen atoms in total. The van der Waals surface area contributed by atoms with E-state index in [4.69, 9.17) is 8.92 Å². The molecule has 1 aromatic carbocycles. The van der Waals surface area contributed by atoms with Gasteiger partial charge >= 0.3 is 0 Å². The summed E-state index contributed by atoms with van der Waals surface area (Å²) in [6.45, 7) is 3.61. The average molecular weight is 485 g/mol. The number of aryl methyl sites for hydroxylation is 1. The lowest BCUT2D eigenvalue weighted by Gasteiger charge is -2.45. The number of fused-ring (bicyclic) bond motifs is 2. The highest BCUT2D eigenvalue weighted by atomic mass is 33.1. The fourth-order valence-corrected chi connectivity index (χ4v) is 6.13. The van der Waals surface area contributed by atoms with E-state index in [0.717, 1.165) is 62.4 Å². The summed E-state index contributed by atoms with van der Waals surface area (Å²) < 4.78 is 12.1. The fraction of sp³-hybridized carbons (Fsp3) is 0.522. The molecule has 0 saturated carbocycles. The van der Waals surface area contributed by atoms with Gasteiger partial charge in [-0.3, -0.25) is 9.08 Å². The lowest BCUT2D eigenvalue weighted by molar-refractivity contribution is -0.00153. The van der Waals surface area contributed by atoms with Crippen LogP contribution in [-0.4, -0.2) is 69.3 Å². The molecule has 0 radical (unpaired) electrons. The van der Waals surface area contributed by atoms with Gasteiger partial charge in [-0.05, 0) is 49.3 Å². The first-order chi connectivity index (χ1) is 16.3. The molecule has 2 unspecified atom stereocenters. The Balaban J connectivity index is 1.15. The fourth-order valence-electron chi connectivity index (χ4n) is 5.52. The number of rotatable bonds is 7. The minimum Gasteiger partial charge on any atom is -0.491 e. The van der Waals surface area contributed by atoms with Crippen LogP contribution in [-0.2, 0) is 17.0 Å². The van der Waals surface area contributed by atoms with Crippen molar-refractivity contribution in [3.8, 4) is 5.75 Å². The molecule has 0 bridgehead atoms. The highest BCUT2D eigenvalue weighted by Crippen LogP contribution is 2.35. The standard InChI is InChI=1S/C23H28N6O2S2/c32-33-31-18-10-28(11-18)16-7-6-15-3-1-5-20(19(15)9-16)30-12-17-4-2-8-29(17)23-21-22(25-13-24-21)26-14-27-23/h1,3,5,13-14,16-18,32H,2,4,6-12H2,(H,24,25,26,27). The molecule has 2 aromatic heterocycles. The molecular weight excluding hydrogens is 456 g/mol. The number of benzene rings is 1. The van der Waals surface area contributed by atoms with Crippen molar-refractivity contribution in [2.24, 2.45) is 0 Å². The van der Waals surface area contributed by atoms with Crippen LogP contribution < -0.4 is 9.64 Å². The third-order valence-corrected chi connectivity index (χ3v) is 7.89. The average Bonchev–Trinajstić information content (AvgIpc) is 3.48. The minimum atomic E-state index is 0.286. The van der Waals surface area contributed by atoms with Crippen molar-refractivity contribution >= 4 is 39.7 Å². The van der Waals surface area contributed by atoms with Crippen LogP contribution in [0.1, 0.15) is 30.4 Å². The number of anilines is 1. The number of likely N-dealkylation sites (tertiary alicyclic amines) is 1. The number of ether oxygens (including phenoxy) is 1. The highest BCUT2D eigenvalue weighted by Gasteiger charge is 2.36. The van der Waals surface area contributed by atoms with Gasteiger partial charge in [0.05, 0.1) is 29.5 Å². The SMILES string of the molecule is SSOC1CN(C2CCc3cccc(OCC4CCCN4c4ncnc5nc[nH]c45)c3C2)C1. The van der Waals surface area contributed by atoms with Crippen LogP contribution in [0.4, 0.5) is 5.82 Å². The first-order valence-corrected chi connectivity index (χ1v) is 13.4. The third-order valence-electron chi connectivity index (χ3n) is 7.27. The Morgan fingerprint density at radius 2 is 2.12 bits per heavy atom. The largest absolute Gasteiger partial charge is 0.491 e. The Hall–Kier alpha value is -2.01. The maximum Gasteiger partial charge on any atom is 0.182 e. The molecule has 10 heteroatoms. The van der Waals surface area contributed by atoms with E-state index in [0.29, 0.717) is 24.4 Å². The monoisotopic (exact) mass is 484 g/mol. The Morgan fingerprint density at radius 1 is 1.18 bits per heavy atom. The van der Waals surface area contributed by atoms with Crippen molar-refractivity contribution in [3.05, 3.63) is 42.0 Å². The molecule has 4 heterocycles. The van der Waals surface area contributed by atoms with Gasteiger partial charge in [0, 0.05) is 25.7 Å².